The van der Waals surface area contributed by atoms with Crippen LogP contribution in [-0.4, -0.2) is 48.1 Å². The molecular weight excluding hydrogens is 256 g/mol. The molecule has 1 aromatic rings. The van der Waals surface area contributed by atoms with Crippen molar-refractivity contribution in [2.24, 2.45) is 0 Å². The zero-order chi connectivity index (χ0) is 15.0. The lowest BCUT2D eigenvalue weighted by molar-refractivity contribution is -0.132. The van der Waals surface area contributed by atoms with Gasteiger partial charge in [0.1, 0.15) is 0 Å². The number of aliphatic hydroxyl groups excluding tert-OH is 1. The highest BCUT2D eigenvalue weighted by Gasteiger charge is 2.14. The van der Waals surface area contributed by atoms with Gasteiger partial charge in [-0.05, 0) is 12.5 Å². The predicted molar refractivity (Wildman–Crippen MR) is 77.1 cm³/mol. The molecule has 0 fully saturated rings. The Morgan fingerprint density at radius 3 is 2.55 bits per heavy atom. The maximum atomic E-state index is 11.7. The van der Waals surface area contributed by atoms with E-state index in [2.05, 4.69) is 5.32 Å². The van der Waals surface area contributed by atoms with Crippen molar-refractivity contribution in [3.63, 3.8) is 0 Å². The first-order chi connectivity index (χ1) is 9.54. The Kier molecular flexibility index (Phi) is 6.73. The predicted octanol–water partition coefficient (Wildman–Crippen LogP) is 0.575. The minimum absolute atomic E-state index is 0.0669. The van der Waals surface area contributed by atoms with E-state index in [0.717, 1.165) is 5.56 Å². The number of nitrogens with zero attached hydrogens (tertiary/aromatic N) is 1. The fourth-order valence-corrected chi connectivity index (χ4v) is 1.70. The van der Waals surface area contributed by atoms with Crippen LogP contribution in [0.15, 0.2) is 30.3 Å². The van der Waals surface area contributed by atoms with E-state index in [-0.39, 0.29) is 30.9 Å². The van der Waals surface area contributed by atoms with Crippen LogP contribution in [0.1, 0.15) is 18.9 Å². The molecule has 0 saturated heterocycles. The summed E-state index contributed by atoms with van der Waals surface area (Å²) in [4.78, 5) is 24.9. The third kappa shape index (κ3) is 5.40. The normalized spacial score (nSPS) is 11.8. The third-order valence-corrected chi connectivity index (χ3v) is 3.19. The summed E-state index contributed by atoms with van der Waals surface area (Å²) in [6.07, 6.45) is 0.555. The van der Waals surface area contributed by atoms with Crippen LogP contribution in [0.4, 0.5) is 0 Å². The molecule has 2 amide bonds. The van der Waals surface area contributed by atoms with E-state index in [9.17, 15) is 9.59 Å². The largest absolute Gasteiger partial charge is 0.394 e. The molecule has 0 aliphatic rings. The second-order valence-corrected chi connectivity index (χ2v) is 4.80. The Morgan fingerprint density at radius 1 is 1.30 bits per heavy atom. The Morgan fingerprint density at radius 2 is 1.95 bits per heavy atom. The minimum Gasteiger partial charge on any atom is -0.394 e. The number of benzene rings is 1. The van der Waals surface area contributed by atoms with Crippen LogP contribution in [0.2, 0.25) is 0 Å². The van der Waals surface area contributed by atoms with Gasteiger partial charge in [0.15, 0.2) is 0 Å². The van der Waals surface area contributed by atoms with Crippen molar-refractivity contribution >= 4 is 11.8 Å². The zero-order valence-corrected chi connectivity index (χ0v) is 12.0. The van der Waals surface area contributed by atoms with E-state index >= 15 is 0 Å². The number of amides is 2. The lowest BCUT2D eigenvalue weighted by Crippen LogP contribution is -2.39. The number of hydrogen-bond donors (Lipinski definition) is 2. The molecule has 0 aromatic heterocycles. The number of carbonyl (C=O) groups is 2. The highest BCUT2D eigenvalue weighted by molar-refractivity contribution is 5.80. The van der Waals surface area contributed by atoms with Gasteiger partial charge in [-0.2, -0.15) is 0 Å². The van der Waals surface area contributed by atoms with Crippen molar-refractivity contribution < 1.29 is 14.7 Å². The molecule has 2 N–H and O–H groups in total. The highest BCUT2D eigenvalue weighted by atomic mass is 16.3. The molecule has 5 heteroatoms. The van der Waals surface area contributed by atoms with E-state index in [1.165, 1.54) is 4.90 Å². The van der Waals surface area contributed by atoms with Gasteiger partial charge in [0.25, 0.3) is 0 Å². The molecule has 0 aliphatic carbocycles. The molecule has 1 unspecified atom stereocenters. The number of aliphatic hydroxyl groups is 1. The third-order valence-electron chi connectivity index (χ3n) is 3.19. The van der Waals surface area contributed by atoms with Crippen molar-refractivity contribution in [2.75, 3.05) is 20.2 Å². The average Bonchev–Trinajstić information content (AvgIpc) is 2.46. The van der Waals surface area contributed by atoms with E-state index in [0.29, 0.717) is 13.0 Å². The van der Waals surface area contributed by atoms with Gasteiger partial charge in [-0.3, -0.25) is 9.59 Å². The summed E-state index contributed by atoms with van der Waals surface area (Å²) in [5.74, 6) is -0.187. The molecule has 110 valence electrons. The average molecular weight is 278 g/mol. The van der Waals surface area contributed by atoms with Crippen LogP contribution in [0.25, 0.3) is 0 Å². The second-order valence-electron chi connectivity index (χ2n) is 4.80. The number of hydrogen-bond acceptors (Lipinski definition) is 3. The number of likely N-dealkylation sites (N-methyl/N-ethyl adjacent to an activating group) is 1. The monoisotopic (exact) mass is 278 g/mol. The summed E-state index contributed by atoms with van der Waals surface area (Å²) in [6.45, 7) is 2.02. The van der Waals surface area contributed by atoms with E-state index in [1.807, 2.05) is 30.3 Å². The zero-order valence-electron chi connectivity index (χ0n) is 12.0. The topological polar surface area (TPSA) is 69.6 Å². The van der Waals surface area contributed by atoms with Gasteiger partial charge >= 0.3 is 0 Å². The summed E-state index contributed by atoms with van der Waals surface area (Å²) < 4.78 is 0. The highest BCUT2D eigenvalue weighted by Crippen LogP contribution is 2.00. The molecule has 0 bridgehead atoms. The summed E-state index contributed by atoms with van der Waals surface area (Å²) in [5.41, 5.74) is 0.947. The molecule has 0 heterocycles. The van der Waals surface area contributed by atoms with Crippen LogP contribution in [0.5, 0.6) is 0 Å². The summed E-state index contributed by atoms with van der Waals surface area (Å²) >= 11 is 0. The van der Waals surface area contributed by atoms with Crippen molar-refractivity contribution in [1.29, 1.82) is 0 Å². The SMILES string of the molecule is CC(CO)N(C)C(=O)CCNC(=O)Cc1ccccc1. The van der Waals surface area contributed by atoms with Crippen LogP contribution in [0.3, 0.4) is 0 Å². The number of nitrogens with one attached hydrogen (secondary N) is 1. The lowest BCUT2D eigenvalue weighted by Gasteiger charge is -2.23. The van der Waals surface area contributed by atoms with Gasteiger partial charge in [-0.25, -0.2) is 0 Å². The van der Waals surface area contributed by atoms with Crippen molar-refractivity contribution in [1.82, 2.24) is 10.2 Å². The summed E-state index contributed by atoms with van der Waals surface area (Å²) in [5, 5.41) is 11.7. The standard InChI is InChI=1S/C15H22N2O3/c1-12(11-18)17(2)15(20)8-9-16-14(19)10-13-6-4-3-5-7-13/h3-7,12,18H,8-11H2,1-2H3,(H,16,19). The molecule has 1 atom stereocenters. The van der Waals surface area contributed by atoms with Gasteiger partial charge in [0.05, 0.1) is 19.1 Å². The van der Waals surface area contributed by atoms with Crippen LogP contribution >= 0.6 is 0 Å². The molecule has 0 spiro atoms. The van der Waals surface area contributed by atoms with Gasteiger partial charge < -0.3 is 15.3 Å². The van der Waals surface area contributed by atoms with E-state index in [4.69, 9.17) is 5.11 Å². The van der Waals surface area contributed by atoms with Gasteiger partial charge in [-0.1, -0.05) is 30.3 Å². The molecule has 5 nitrogen and oxygen atoms in total. The molecule has 0 saturated carbocycles. The maximum Gasteiger partial charge on any atom is 0.224 e. The van der Waals surface area contributed by atoms with Crippen LogP contribution < -0.4 is 5.32 Å². The summed E-state index contributed by atoms with van der Waals surface area (Å²) in [6, 6.07) is 9.25. The Bertz CT molecular complexity index is 434. The van der Waals surface area contributed by atoms with E-state index in [1.54, 1.807) is 14.0 Å². The Hall–Kier alpha value is -1.88. The van der Waals surface area contributed by atoms with Crippen LogP contribution in [0, 0.1) is 0 Å². The first kappa shape index (κ1) is 16.2. The second kappa shape index (κ2) is 8.32. The van der Waals surface area contributed by atoms with Gasteiger partial charge in [-0.15, -0.1) is 0 Å². The maximum absolute atomic E-state index is 11.7. The van der Waals surface area contributed by atoms with Crippen LogP contribution in [-0.2, 0) is 16.0 Å². The Balaban J connectivity index is 2.27. The smallest absolute Gasteiger partial charge is 0.224 e. The molecule has 1 rings (SSSR count). The summed E-state index contributed by atoms with van der Waals surface area (Å²) in [7, 11) is 1.65. The van der Waals surface area contributed by atoms with Crippen molar-refractivity contribution in [2.45, 2.75) is 25.8 Å². The van der Waals surface area contributed by atoms with E-state index < -0.39 is 0 Å². The Labute approximate surface area is 119 Å². The van der Waals surface area contributed by atoms with Gasteiger partial charge in [0, 0.05) is 20.0 Å². The minimum atomic E-state index is -0.206. The first-order valence-corrected chi connectivity index (χ1v) is 6.71. The number of carbonyl (C=O) groups excluding carboxylic acids is 2. The molecule has 0 aliphatic heterocycles. The van der Waals surface area contributed by atoms with Crippen molar-refractivity contribution in [3.8, 4) is 0 Å². The fourth-order valence-electron chi connectivity index (χ4n) is 1.70. The fraction of sp³-hybridized carbons (Fsp3) is 0.467. The lowest BCUT2D eigenvalue weighted by atomic mass is 10.1. The quantitative estimate of drug-likeness (QED) is 0.766. The molecule has 0 radical (unpaired) electrons. The molecular formula is C15H22N2O3. The number of rotatable bonds is 7. The van der Waals surface area contributed by atoms with Gasteiger partial charge in [0.2, 0.25) is 11.8 Å². The molecule has 1 aromatic carbocycles. The molecule has 20 heavy (non-hydrogen) atoms. The van der Waals surface area contributed by atoms with Crippen molar-refractivity contribution in [3.05, 3.63) is 35.9 Å². The first-order valence-electron chi connectivity index (χ1n) is 6.71.